The summed E-state index contributed by atoms with van der Waals surface area (Å²) in [4.78, 5) is 33.0. The van der Waals surface area contributed by atoms with Crippen LogP contribution in [-0.2, 0) is 9.59 Å². The minimum Gasteiger partial charge on any atom is -0.439 e. The van der Waals surface area contributed by atoms with E-state index < -0.39 is 6.04 Å². The second-order valence-electron chi connectivity index (χ2n) is 9.43. The van der Waals surface area contributed by atoms with Gasteiger partial charge in [0, 0.05) is 18.8 Å². The fourth-order valence-corrected chi connectivity index (χ4v) is 5.11. The number of pyridine rings is 1. The number of likely N-dealkylation sites (N-methyl/N-ethyl adjacent to an activating group) is 1. The number of nitrogens with one attached hydrogen (secondary N) is 2. The molecule has 1 aliphatic carbocycles. The van der Waals surface area contributed by atoms with Gasteiger partial charge in [-0.25, -0.2) is 4.98 Å². The minimum atomic E-state index is -0.480. The van der Waals surface area contributed by atoms with Crippen molar-refractivity contribution >= 4 is 11.8 Å². The third kappa shape index (κ3) is 5.76. The maximum atomic E-state index is 13.9. The van der Waals surface area contributed by atoms with Crippen LogP contribution >= 0.6 is 0 Å². The maximum absolute atomic E-state index is 13.9. The molecule has 3 atom stereocenters. The Morgan fingerprint density at radius 2 is 1.82 bits per heavy atom. The number of ether oxygens (including phenoxy) is 1. The zero-order valence-electron chi connectivity index (χ0n) is 20.2. The Morgan fingerprint density at radius 3 is 2.56 bits per heavy atom. The molecule has 7 heteroatoms. The fraction of sp³-hybridized carbons (Fsp3) is 0.519. The highest BCUT2D eigenvalue weighted by atomic mass is 16.5. The minimum absolute atomic E-state index is 0.0355. The van der Waals surface area contributed by atoms with E-state index in [9.17, 15) is 9.59 Å². The molecular formula is C27H36N4O3. The van der Waals surface area contributed by atoms with Gasteiger partial charge in [-0.2, -0.15) is 0 Å². The van der Waals surface area contributed by atoms with Gasteiger partial charge in [-0.15, -0.1) is 0 Å². The molecule has 2 N–H and O–H groups in total. The Kier molecular flexibility index (Phi) is 8.16. The number of carbonyl (C=O) groups is 2. The summed E-state index contributed by atoms with van der Waals surface area (Å²) >= 11 is 0. The molecule has 182 valence electrons. The first-order valence-electron chi connectivity index (χ1n) is 12.5. The van der Waals surface area contributed by atoms with E-state index in [0.717, 1.165) is 49.8 Å². The first-order chi connectivity index (χ1) is 16.6. The van der Waals surface area contributed by atoms with Gasteiger partial charge in [-0.1, -0.05) is 37.5 Å². The molecule has 0 unspecified atom stereocenters. The van der Waals surface area contributed by atoms with E-state index in [1.165, 1.54) is 6.42 Å². The number of carbonyl (C=O) groups excluding carboxylic acids is 2. The SMILES string of the molecule is CN[C@@H](C)C(=O)N[C@H](C(=O)N1CCC[C@H]1c1ccnc(Oc2ccccc2)c1)C1CCCCC1. The lowest BCUT2D eigenvalue weighted by atomic mass is 9.83. The Bertz CT molecular complexity index is 961. The van der Waals surface area contributed by atoms with Gasteiger partial charge in [-0.3, -0.25) is 9.59 Å². The molecule has 0 radical (unpaired) electrons. The highest BCUT2D eigenvalue weighted by Gasteiger charge is 2.39. The number of hydrogen-bond acceptors (Lipinski definition) is 5. The number of aromatic nitrogens is 1. The van der Waals surface area contributed by atoms with Crippen LogP contribution in [0.1, 0.15) is 63.5 Å². The molecule has 4 rings (SSSR count). The summed E-state index contributed by atoms with van der Waals surface area (Å²) in [5, 5.41) is 6.08. The predicted molar refractivity (Wildman–Crippen MR) is 131 cm³/mol. The molecule has 2 aromatic rings. The second-order valence-corrected chi connectivity index (χ2v) is 9.43. The summed E-state index contributed by atoms with van der Waals surface area (Å²) in [5.41, 5.74) is 1.02. The number of hydrogen-bond donors (Lipinski definition) is 2. The van der Waals surface area contributed by atoms with Crippen molar-refractivity contribution in [2.45, 2.75) is 70.0 Å². The zero-order chi connectivity index (χ0) is 23.9. The van der Waals surface area contributed by atoms with E-state index in [1.807, 2.05) is 54.3 Å². The van der Waals surface area contributed by atoms with Crippen LogP contribution in [0.4, 0.5) is 0 Å². The van der Waals surface area contributed by atoms with Crippen molar-refractivity contribution in [3.05, 3.63) is 54.2 Å². The van der Waals surface area contributed by atoms with Gasteiger partial charge in [-0.05, 0) is 69.3 Å². The van der Waals surface area contributed by atoms with E-state index in [4.69, 9.17) is 4.74 Å². The summed E-state index contributed by atoms with van der Waals surface area (Å²) in [7, 11) is 1.76. The van der Waals surface area contributed by atoms with E-state index >= 15 is 0 Å². The van der Waals surface area contributed by atoms with E-state index in [0.29, 0.717) is 12.4 Å². The van der Waals surface area contributed by atoms with Crippen molar-refractivity contribution in [1.82, 2.24) is 20.5 Å². The molecule has 0 bridgehead atoms. The third-order valence-electron chi connectivity index (χ3n) is 7.16. The molecular weight excluding hydrogens is 428 g/mol. The molecule has 2 aliphatic rings. The number of amides is 2. The van der Waals surface area contributed by atoms with Gasteiger partial charge in [0.2, 0.25) is 17.7 Å². The van der Waals surface area contributed by atoms with Crippen molar-refractivity contribution in [1.29, 1.82) is 0 Å². The molecule has 1 aliphatic heterocycles. The first-order valence-corrected chi connectivity index (χ1v) is 12.5. The molecule has 1 aromatic carbocycles. The summed E-state index contributed by atoms with van der Waals surface area (Å²) in [6.45, 7) is 2.52. The Labute approximate surface area is 202 Å². The molecule has 2 amide bonds. The number of rotatable bonds is 8. The van der Waals surface area contributed by atoms with Crippen molar-refractivity contribution in [3.63, 3.8) is 0 Å². The molecule has 2 heterocycles. The average Bonchev–Trinajstić information content (AvgIpc) is 3.38. The Hall–Kier alpha value is -2.93. The van der Waals surface area contributed by atoms with Crippen LogP contribution in [0, 0.1) is 5.92 Å². The second kappa shape index (κ2) is 11.5. The predicted octanol–water partition coefficient (Wildman–Crippen LogP) is 4.21. The highest BCUT2D eigenvalue weighted by molar-refractivity contribution is 5.90. The molecule has 7 nitrogen and oxygen atoms in total. The summed E-state index contributed by atoms with van der Waals surface area (Å²) < 4.78 is 5.93. The Morgan fingerprint density at radius 1 is 1.06 bits per heavy atom. The van der Waals surface area contributed by atoms with Crippen LogP contribution in [0.2, 0.25) is 0 Å². The van der Waals surface area contributed by atoms with Crippen LogP contribution in [0.15, 0.2) is 48.7 Å². The normalized spacial score (nSPS) is 20.5. The molecule has 1 saturated carbocycles. The molecule has 1 aromatic heterocycles. The number of benzene rings is 1. The lowest BCUT2D eigenvalue weighted by molar-refractivity contribution is -0.139. The molecule has 1 saturated heterocycles. The zero-order valence-corrected chi connectivity index (χ0v) is 20.2. The highest BCUT2D eigenvalue weighted by Crippen LogP contribution is 2.36. The number of likely N-dealkylation sites (tertiary alicyclic amines) is 1. The van der Waals surface area contributed by atoms with Gasteiger partial charge in [0.05, 0.1) is 12.1 Å². The summed E-state index contributed by atoms with van der Waals surface area (Å²) in [6, 6.07) is 12.6. The smallest absolute Gasteiger partial charge is 0.245 e. The van der Waals surface area contributed by atoms with Crippen LogP contribution in [-0.4, -0.2) is 47.4 Å². The van der Waals surface area contributed by atoms with Crippen LogP contribution < -0.4 is 15.4 Å². The van der Waals surface area contributed by atoms with Crippen molar-refractivity contribution < 1.29 is 14.3 Å². The lowest BCUT2D eigenvalue weighted by Crippen LogP contribution is -2.55. The summed E-state index contributed by atoms with van der Waals surface area (Å²) in [5.74, 6) is 1.34. The van der Waals surface area contributed by atoms with Gasteiger partial charge < -0.3 is 20.3 Å². The van der Waals surface area contributed by atoms with E-state index in [-0.39, 0.29) is 29.8 Å². The topological polar surface area (TPSA) is 83.6 Å². The number of para-hydroxylation sites is 1. The average molecular weight is 465 g/mol. The van der Waals surface area contributed by atoms with Gasteiger partial charge in [0.15, 0.2) is 0 Å². The molecule has 34 heavy (non-hydrogen) atoms. The maximum Gasteiger partial charge on any atom is 0.245 e. The van der Waals surface area contributed by atoms with Crippen LogP contribution in [0.25, 0.3) is 0 Å². The van der Waals surface area contributed by atoms with Crippen molar-refractivity contribution in [3.8, 4) is 11.6 Å². The lowest BCUT2D eigenvalue weighted by Gasteiger charge is -2.35. The largest absolute Gasteiger partial charge is 0.439 e. The van der Waals surface area contributed by atoms with E-state index in [2.05, 4.69) is 15.6 Å². The monoisotopic (exact) mass is 464 g/mol. The number of nitrogens with zero attached hydrogens (tertiary/aromatic N) is 2. The van der Waals surface area contributed by atoms with Crippen molar-refractivity contribution in [2.24, 2.45) is 5.92 Å². The van der Waals surface area contributed by atoms with Crippen molar-refractivity contribution in [2.75, 3.05) is 13.6 Å². The molecule has 0 spiro atoms. The molecule has 2 fully saturated rings. The summed E-state index contributed by atoms with van der Waals surface area (Å²) in [6.07, 6.45) is 8.95. The standard InChI is InChI=1S/C27H36N4O3/c1-19(28-2)26(32)30-25(20-10-5-3-6-11-20)27(33)31-17-9-14-23(31)21-15-16-29-24(18-21)34-22-12-7-4-8-13-22/h4,7-8,12-13,15-16,18-20,23,25,28H,3,5-6,9-11,14,17H2,1-2H3,(H,30,32)/t19-,23-,25-/m0/s1. The Balaban J connectivity index is 1.53. The third-order valence-corrected chi connectivity index (χ3v) is 7.16. The van der Waals surface area contributed by atoms with Crippen LogP contribution in [0.3, 0.4) is 0 Å². The van der Waals surface area contributed by atoms with Gasteiger partial charge in [0.1, 0.15) is 11.8 Å². The quantitative estimate of drug-likeness (QED) is 0.611. The first kappa shape index (κ1) is 24.2. The van der Waals surface area contributed by atoms with E-state index in [1.54, 1.807) is 13.2 Å². The van der Waals surface area contributed by atoms with Gasteiger partial charge >= 0.3 is 0 Å². The van der Waals surface area contributed by atoms with Crippen LogP contribution in [0.5, 0.6) is 11.6 Å². The fourth-order valence-electron chi connectivity index (χ4n) is 5.11. The van der Waals surface area contributed by atoms with Gasteiger partial charge in [0.25, 0.3) is 0 Å².